The van der Waals surface area contributed by atoms with Crippen molar-refractivity contribution in [1.82, 2.24) is 0 Å². The van der Waals surface area contributed by atoms with Crippen molar-refractivity contribution < 1.29 is 17.7 Å². The summed E-state index contributed by atoms with van der Waals surface area (Å²) in [5, 5.41) is 2.14. The molecule has 4 N–H and O–H groups in total. The molecule has 1 aromatic rings. The summed E-state index contributed by atoms with van der Waals surface area (Å²) in [4.78, 5) is 0. The molecule has 1 aromatic carbocycles. The first-order valence-corrected chi connectivity index (χ1v) is 6.16. The van der Waals surface area contributed by atoms with Crippen LogP contribution in [0.3, 0.4) is 0 Å². The van der Waals surface area contributed by atoms with Gasteiger partial charge in [0.1, 0.15) is 0 Å². The molecule has 0 saturated carbocycles. The molecule has 2 rings (SSSR count). The van der Waals surface area contributed by atoms with E-state index in [9.17, 15) is 0 Å². The highest BCUT2D eigenvalue weighted by molar-refractivity contribution is 9.10. The van der Waals surface area contributed by atoms with Crippen molar-refractivity contribution in [2.45, 2.75) is 17.3 Å². The Labute approximate surface area is 117 Å². The number of benzene rings is 1. The number of rotatable bonds is 2. The number of hydrogen-bond donors (Lipinski definition) is 2. The zero-order chi connectivity index (χ0) is 11.6. The Hall–Kier alpha value is -0.770. The minimum Gasteiger partial charge on any atom is -1.00 e. The van der Waals surface area contributed by atoms with Gasteiger partial charge in [-0.2, -0.15) is 0 Å². The highest BCUT2D eigenvalue weighted by atomic mass is 79.9. The van der Waals surface area contributed by atoms with Crippen LogP contribution in [0.15, 0.2) is 54.4 Å². The molecule has 1 aliphatic rings. The van der Waals surface area contributed by atoms with Crippen LogP contribution in [0.2, 0.25) is 0 Å². The van der Waals surface area contributed by atoms with Gasteiger partial charge in [0.15, 0.2) is 4.45 Å². The maximum Gasteiger partial charge on any atom is 0.182 e. The fourth-order valence-corrected chi connectivity index (χ4v) is 2.61. The Balaban J connectivity index is 0.00000144. The number of quaternary nitrogens is 1. The van der Waals surface area contributed by atoms with Crippen molar-refractivity contribution in [3.63, 3.8) is 0 Å². The molecule has 0 amide bonds. The van der Waals surface area contributed by atoms with Gasteiger partial charge in [-0.1, -0.05) is 37.3 Å². The third-order valence-electron chi connectivity index (χ3n) is 2.99. The molecule has 0 spiro atoms. The van der Waals surface area contributed by atoms with Crippen LogP contribution in [-0.2, 0) is 0 Å². The van der Waals surface area contributed by atoms with E-state index in [0.717, 1.165) is 5.70 Å². The van der Waals surface area contributed by atoms with Gasteiger partial charge >= 0.3 is 0 Å². The highest BCUT2D eigenvalue weighted by Gasteiger charge is 2.36. The Morgan fingerprint density at radius 2 is 1.94 bits per heavy atom. The molecule has 0 bridgehead atoms. The number of halogens is 2. The normalized spacial score (nSPS) is 24.7. The van der Waals surface area contributed by atoms with E-state index in [4.69, 9.17) is 5.73 Å². The predicted molar refractivity (Wildman–Crippen MR) is 69.9 cm³/mol. The molecule has 92 valence electrons. The van der Waals surface area contributed by atoms with Crippen molar-refractivity contribution >= 4 is 15.9 Å². The Morgan fingerprint density at radius 1 is 1.29 bits per heavy atom. The predicted octanol–water partition coefficient (Wildman–Crippen LogP) is -1.18. The molecular weight excluding hydrogens is 300 g/mol. The van der Waals surface area contributed by atoms with E-state index in [2.05, 4.69) is 58.5 Å². The number of alkyl halides is 1. The van der Waals surface area contributed by atoms with Crippen molar-refractivity contribution in [2.75, 3.05) is 0 Å². The average Bonchev–Trinajstić information content (AvgIpc) is 2.29. The van der Waals surface area contributed by atoms with Crippen molar-refractivity contribution in [3.8, 4) is 0 Å². The molecule has 0 radical (unpaired) electrons. The molecule has 0 aromatic heterocycles. The monoisotopic (exact) mass is 314 g/mol. The zero-order valence-corrected chi connectivity index (χ0v) is 11.9. The lowest BCUT2D eigenvalue weighted by atomic mass is 9.91. The topological polar surface area (TPSA) is 42.6 Å². The lowest BCUT2D eigenvalue weighted by Crippen LogP contribution is -3.00. The third kappa shape index (κ3) is 3.12. The maximum atomic E-state index is 5.85. The second-order valence-corrected chi connectivity index (χ2v) is 5.50. The molecule has 1 aliphatic heterocycles. The van der Waals surface area contributed by atoms with Crippen LogP contribution in [0.5, 0.6) is 0 Å². The number of hydrogen-bond acceptors (Lipinski definition) is 1. The third-order valence-corrected chi connectivity index (χ3v) is 4.17. The summed E-state index contributed by atoms with van der Waals surface area (Å²) in [5.74, 6) is 0.345. The summed E-state index contributed by atoms with van der Waals surface area (Å²) in [6, 6.07) is 10.4. The molecule has 2 atom stereocenters. The smallest absolute Gasteiger partial charge is 0.182 e. The van der Waals surface area contributed by atoms with Crippen molar-refractivity contribution in [1.29, 1.82) is 0 Å². The molecule has 2 unspecified atom stereocenters. The fourth-order valence-electron chi connectivity index (χ4n) is 1.92. The summed E-state index contributed by atoms with van der Waals surface area (Å²) in [6.07, 6.45) is 5.98. The van der Waals surface area contributed by atoms with Crippen LogP contribution in [-0.4, -0.2) is 4.45 Å². The van der Waals surface area contributed by atoms with E-state index in [1.807, 2.05) is 18.3 Å². The summed E-state index contributed by atoms with van der Waals surface area (Å²) in [6.45, 7) is 2.20. The van der Waals surface area contributed by atoms with E-state index in [1.54, 1.807) is 0 Å². The molecule has 2 nitrogen and oxygen atoms in total. The molecule has 0 fully saturated rings. The quantitative estimate of drug-likeness (QED) is 0.524. The van der Waals surface area contributed by atoms with Crippen LogP contribution in [0.1, 0.15) is 18.4 Å². The second-order valence-electron chi connectivity index (χ2n) is 4.13. The van der Waals surface area contributed by atoms with Crippen molar-refractivity contribution in [3.05, 3.63) is 59.9 Å². The van der Waals surface area contributed by atoms with E-state index >= 15 is 0 Å². The standard InChI is InChI=1S/C13H15BrN2.ClH/c1-10(11-5-3-2-4-6-11)13(14)9-12(15)7-8-16-13;/h2-10,16H,15H2,1H3;1H. The Kier molecular flexibility index (Phi) is 4.80. The van der Waals surface area contributed by atoms with Gasteiger partial charge in [-0.25, -0.2) is 0 Å². The first kappa shape index (κ1) is 14.3. The van der Waals surface area contributed by atoms with Gasteiger partial charge in [0.25, 0.3) is 0 Å². The lowest BCUT2D eigenvalue weighted by molar-refractivity contribution is -0.631. The number of nitrogens with two attached hydrogens (primary N) is 2. The minimum atomic E-state index is -0.173. The van der Waals surface area contributed by atoms with E-state index in [0.29, 0.717) is 5.92 Å². The van der Waals surface area contributed by atoms with Crippen molar-refractivity contribution in [2.24, 2.45) is 5.73 Å². The summed E-state index contributed by atoms with van der Waals surface area (Å²) in [5.41, 5.74) is 7.96. The van der Waals surface area contributed by atoms with Crippen LogP contribution in [0.4, 0.5) is 0 Å². The first-order valence-electron chi connectivity index (χ1n) is 5.36. The van der Waals surface area contributed by atoms with Gasteiger partial charge < -0.3 is 23.5 Å². The fraction of sp³-hybridized carbons (Fsp3) is 0.231. The molecule has 0 saturated heterocycles. The Bertz CT molecular complexity index is 430. The minimum absolute atomic E-state index is 0. The van der Waals surface area contributed by atoms with Gasteiger partial charge in [-0.15, -0.1) is 0 Å². The molecule has 4 heteroatoms. The van der Waals surface area contributed by atoms with E-state index in [1.165, 1.54) is 5.56 Å². The first-order chi connectivity index (χ1) is 7.62. The average molecular weight is 316 g/mol. The van der Waals surface area contributed by atoms with Crippen LogP contribution in [0.25, 0.3) is 0 Å². The highest BCUT2D eigenvalue weighted by Crippen LogP contribution is 2.32. The largest absolute Gasteiger partial charge is 1.00 e. The molecular formula is C13H16BrClN2. The molecule has 17 heavy (non-hydrogen) atoms. The second kappa shape index (κ2) is 5.71. The maximum absolute atomic E-state index is 5.85. The van der Waals surface area contributed by atoms with Crippen LogP contribution >= 0.6 is 15.9 Å². The summed E-state index contributed by atoms with van der Waals surface area (Å²) in [7, 11) is 0. The molecule has 0 aliphatic carbocycles. The Morgan fingerprint density at radius 3 is 2.53 bits per heavy atom. The molecule has 1 heterocycles. The lowest BCUT2D eigenvalue weighted by Gasteiger charge is -2.29. The SMILES string of the molecule is CC(c1ccccc1)C1(Br)C=C(N)C=C[NH2+]1.[Cl-]. The van der Waals surface area contributed by atoms with Gasteiger partial charge in [0.2, 0.25) is 0 Å². The zero-order valence-electron chi connectivity index (χ0n) is 9.61. The van der Waals surface area contributed by atoms with E-state index < -0.39 is 0 Å². The summed E-state index contributed by atoms with van der Waals surface area (Å²) < 4.78 is -0.173. The number of allylic oxidation sites excluding steroid dienone is 1. The van der Waals surface area contributed by atoms with Crippen LogP contribution in [0, 0.1) is 0 Å². The van der Waals surface area contributed by atoms with E-state index in [-0.39, 0.29) is 16.9 Å². The van der Waals surface area contributed by atoms with Gasteiger partial charge in [0, 0.05) is 17.8 Å². The van der Waals surface area contributed by atoms with Crippen LogP contribution < -0.4 is 23.5 Å². The summed E-state index contributed by atoms with van der Waals surface area (Å²) >= 11 is 3.78. The van der Waals surface area contributed by atoms with Gasteiger partial charge in [-0.05, 0) is 21.5 Å². The van der Waals surface area contributed by atoms with Gasteiger partial charge in [-0.3, -0.25) is 0 Å². The van der Waals surface area contributed by atoms with Gasteiger partial charge in [0.05, 0.1) is 12.1 Å².